The Bertz CT molecular complexity index is 864. The molecule has 1 fully saturated rings. The van der Waals surface area contributed by atoms with E-state index in [1.54, 1.807) is 30.5 Å². The summed E-state index contributed by atoms with van der Waals surface area (Å²) in [6.07, 6.45) is 2.36. The number of benzene rings is 1. The second kappa shape index (κ2) is 6.84. The lowest BCUT2D eigenvalue weighted by atomic mass is 10.2. The number of fused-ring (bicyclic) bond motifs is 1. The molecule has 7 nitrogen and oxygen atoms in total. The van der Waals surface area contributed by atoms with E-state index in [9.17, 15) is 13.8 Å². The summed E-state index contributed by atoms with van der Waals surface area (Å²) in [6.45, 7) is 2.40. The van der Waals surface area contributed by atoms with Gasteiger partial charge in [-0.25, -0.2) is 8.51 Å². The Morgan fingerprint density at radius 3 is 2.83 bits per heavy atom. The third-order valence-corrected chi connectivity index (χ3v) is 5.53. The fourth-order valence-electron chi connectivity index (χ4n) is 2.75. The van der Waals surface area contributed by atoms with E-state index in [4.69, 9.17) is 10.5 Å². The van der Waals surface area contributed by atoms with Gasteiger partial charge in [-0.3, -0.25) is 14.2 Å². The second-order valence-corrected chi connectivity index (χ2v) is 7.21. The van der Waals surface area contributed by atoms with Gasteiger partial charge in [0, 0.05) is 43.0 Å². The zero-order valence-corrected chi connectivity index (χ0v) is 14.1. The molecule has 0 bridgehead atoms. The number of ether oxygens (including phenoxy) is 1. The van der Waals surface area contributed by atoms with Crippen molar-refractivity contribution >= 4 is 27.7 Å². The lowest BCUT2D eigenvalue weighted by molar-refractivity contribution is -0.144. The van der Waals surface area contributed by atoms with Crippen LogP contribution in [0.2, 0.25) is 0 Å². The summed E-state index contributed by atoms with van der Waals surface area (Å²) in [6, 6.07) is 6.91. The number of carbonyl (C=O) groups excluding carboxylic acids is 1. The van der Waals surface area contributed by atoms with Gasteiger partial charge < -0.3 is 10.5 Å². The van der Waals surface area contributed by atoms with Gasteiger partial charge in [0.25, 0.3) is 5.56 Å². The van der Waals surface area contributed by atoms with E-state index >= 15 is 0 Å². The van der Waals surface area contributed by atoms with Crippen LogP contribution in [-0.4, -0.2) is 38.2 Å². The van der Waals surface area contributed by atoms with Crippen molar-refractivity contribution in [3.63, 3.8) is 0 Å². The zero-order chi connectivity index (χ0) is 17.3. The fourth-order valence-corrected chi connectivity index (χ4v) is 4.18. The van der Waals surface area contributed by atoms with Gasteiger partial charge in [0.15, 0.2) is 6.73 Å². The number of esters is 1. The normalized spacial score (nSPS) is 19.5. The van der Waals surface area contributed by atoms with Gasteiger partial charge in [0.2, 0.25) is 0 Å². The van der Waals surface area contributed by atoms with E-state index in [-0.39, 0.29) is 18.3 Å². The maximum absolute atomic E-state index is 12.8. The number of carbonyl (C=O) groups is 1. The van der Waals surface area contributed by atoms with Crippen molar-refractivity contribution in [3.05, 3.63) is 40.8 Å². The number of aromatic nitrogens is 1. The first-order valence-electron chi connectivity index (χ1n) is 7.65. The number of nitrogens with two attached hydrogens (primary N) is 1. The van der Waals surface area contributed by atoms with Gasteiger partial charge in [-0.2, -0.15) is 0 Å². The fraction of sp³-hybridized carbons (Fsp3) is 0.375. The highest BCUT2D eigenvalue weighted by molar-refractivity contribution is 7.83. The predicted octanol–water partition coefficient (Wildman–Crippen LogP) is 0.578. The van der Waals surface area contributed by atoms with Gasteiger partial charge in [-0.15, -0.1) is 0 Å². The summed E-state index contributed by atoms with van der Waals surface area (Å²) in [7, 11) is -1.36. The smallest absolute Gasteiger partial charge is 0.304 e. The number of hydrogen-bond acceptors (Lipinski definition) is 5. The molecule has 3 rings (SSSR count). The van der Waals surface area contributed by atoms with Crippen LogP contribution in [0.25, 0.3) is 10.8 Å². The molecule has 2 heterocycles. The highest BCUT2D eigenvalue weighted by Crippen LogP contribution is 2.23. The first kappa shape index (κ1) is 16.8. The topological polar surface area (TPSA) is 94.6 Å². The minimum absolute atomic E-state index is 0.0323. The molecular weight excluding hydrogens is 330 g/mol. The monoisotopic (exact) mass is 349 g/mol. The van der Waals surface area contributed by atoms with Crippen LogP contribution in [0.5, 0.6) is 0 Å². The third kappa shape index (κ3) is 3.26. The van der Waals surface area contributed by atoms with Gasteiger partial charge >= 0.3 is 5.97 Å². The van der Waals surface area contributed by atoms with Crippen LogP contribution in [0, 0.1) is 0 Å². The average Bonchev–Trinajstić information content (AvgIpc) is 2.99. The highest BCUT2D eigenvalue weighted by atomic mass is 32.2. The van der Waals surface area contributed by atoms with Crippen LogP contribution in [0.3, 0.4) is 0 Å². The molecule has 0 saturated carbocycles. The van der Waals surface area contributed by atoms with Gasteiger partial charge in [-0.1, -0.05) is 6.07 Å². The Balaban J connectivity index is 1.99. The molecule has 2 aromatic rings. The summed E-state index contributed by atoms with van der Waals surface area (Å²) in [5, 5.41) is 1.08. The zero-order valence-electron chi connectivity index (χ0n) is 13.3. The molecule has 1 aromatic carbocycles. The van der Waals surface area contributed by atoms with E-state index < -0.39 is 17.0 Å². The van der Waals surface area contributed by atoms with Crippen LogP contribution >= 0.6 is 0 Å². The van der Waals surface area contributed by atoms with E-state index in [0.29, 0.717) is 28.8 Å². The van der Waals surface area contributed by atoms with Crippen molar-refractivity contribution in [2.24, 2.45) is 5.73 Å². The Kier molecular flexibility index (Phi) is 4.79. The highest BCUT2D eigenvalue weighted by Gasteiger charge is 2.25. The Morgan fingerprint density at radius 1 is 1.38 bits per heavy atom. The summed E-state index contributed by atoms with van der Waals surface area (Å²) < 4.78 is 20.8. The Hall–Kier alpha value is -2.03. The van der Waals surface area contributed by atoms with Crippen LogP contribution < -0.4 is 11.3 Å². The molecule has 128 valence electrons. The molecule has 0 spiro atoms. The molecule has 1 aliphatic rings. The van der Waals surface area contributed by atoms with Crippen molar-refractivity contribution in [2.75, 3.05) is 13.1 Å². The standard InChI is InChI=1S/C16H19N3O4S/c1-11(20)23-10-18-7-6-13-14(16(18)21)3-2-4-15(13)24(22)19-8-5-12(17)9-19/h2-4,6-7,12H,5,8-10,17H2,1H3. The van der Waals surface area contributed by atoms with Crippen molar-refractivity contribution in [3.8, 4) is 0 Å². The molecule has 8 heteroatoms. The molecule has 2 atom stereocenters. The van der Waals surface area contributed by atoms with Crippen LogP contribution in [0.4, 0.5) is 0 Å². The largest absolute Gasteiger partial charge is 0.444 e. The van der Waals surface area contributed by atoms with Gasteiger partial charge in [0.1, 0.15) is 11.0 Å². The molecule has 1 aromatic heterocycles. The molecule has 0 aliphatic carbocycles. The number of rotatable bonds is 4. The molecular formula is C16H19N3O4S. The molecule has 24 heavy (non-hydrogen) atoms. The van der Waals surface area contributed by atoms with E-state index in [1.807, 2.05) is 4.31 Å². The SMILES string of the molecule is CC(=O)OCn1ccc2c(S(=O)N3CCC(N)C3)cccc2c1=O. The first-order chi connectivity index (χ1) is 11.5. The van der Waals surface area contributed by atoms with Gasteiger partial charge in [-0.05, 0) is 24.6 Å². The molecule has 2 unspecified atom stereocenters. The maximum Gasteiger partial charge on any atom is 0.304 e. The van der Waals surface area contributed by atoms with Gasteiger partial charge in [0.05, 0.1) is 4.90 Å². The lowest BCUT2D eigenvalue weighted by Gasteiger charge is -2.16. The molecule has 0 radical (unpaired) electrons. The molecule has 0 amide bonds. The third-order valence-electron chi connectivity index (χ3n) is 4.00. The Morgan fingerprint density at radius 2 is 2.17 bits per heavy atom. The minimum Gasteiger partial charge on any atom is -0.444 e. The molecule has 2 N–H and O–H groups in total. The quantitative estimate of drug-likeness (QED) is 0.815. The summed E-state index contributed by atoms with van der Waals surface area (Å²) in [5.41, 5.74) is 5.60. The number of nitrogens with zero attached hydrogens (tertiary/aromatic N) is 2. The number of hydrogen-bond donors (Lipinski definition) is 1. The van der Waals surface area contributed by atoms with Crippen LogP contribution in [0.15, 0.2) is 40.2 Å². The lowest BCUT2D eigenvalue weighted by Crippen LogP contribution is -2.28. The minimum atomic E-state index is -1.36. The van der Waals surface area contributed by atoms with E-state index in [1.165, 1.54) is 11.5 Å². The molecule has 1 aliphatic heterocycles. The predicted molar refractivity (Wildman–Crippen MR) is 90.5 cm³/mol. The van der Waals surface area contributed by atoms with Crippen LogP contribution in [-0.2, 0) is 27.2 Å². The first-order valence-corrected chi connectivity index (χ1v) is 8.76. The summed E-state index contributed by atoms with van der Waals surface area (Å²) in [4.78, 5) is 24.0. The second-order valence-electron chi connectivity index (χ2n) is 5.76. The Labute approximate surface area is 141 Å². The van der Waals surface area contributed by atoms with E-state index in [2.05, 4.69) is 0 Å². The van der Waals surface area contributed by atoms with Crippen molar-refractivity contribution in [1.29, 1.82) is 0 Å². The average molecular weight is 349 g/mol. The van der Waals surface area contributed by atoms with Crippen molar-refractivity contribution in [2.45, 2.75) is 31.0 Å². The maximum atomic E-state index is 12.8. The summed E-state index contributed by atoms with van der Waals surface area (Å²) >= 11 is 0. The number of pyridine rings is 1. The van der Waals surface area contributed by atoms with Crippen LogP contribution in [0.1, 0.15) is 13.3 Å². The summed E-state index contributed by atoms with van der Waals surface area (Å²) in [5.74, 6) is -0.456. The van der Waals surface area contributed by atoms with E-state index in [0.717, 1.165) is 6.42 Å². The van der Waals surface area contributed by atoms with Crippen molar-refractivity contribution in [1.82, 2.24) is 8.87 Å². The van der Waals surface area contributed by atoms with Crippen molar-refractivity contribution < 1.29 is 13.7 Å². The molecule has 1 saturated heterocycles.